The summed E-state index contributed by atoms with van der Waals surface area (Å²) in [6.07, 6.45) is 5.95. The fraction of sp³-hybridized carbons (Fsp3) is 0.379. The molecule has 7 rings (SSSR count). The molecule has 2 atom stereocenters. The third kappa shape index (κ3) is 4.64. The maximum Gasteiger partial charge on any atom is 0.224 e. The molecule has 3 aromatic rings. The molecule has 0 bridgehead atoms. The van der Waals surface area contributed by atoms with Crippen LogP contribution in [-0.4, -0.2) is 77.3 Å². The minimum absolute atomic E-state index is 0.394. The Hall–Kier alpha value is -3.60. The quantitative estimate of drug-likeness (QED) is 0.466. The molecule has 1 N–H and O–H groups in total. The molecular weight excluding hydrogens is 563 g/mol. The van der Waals surface area contributed by atoms with Crippen molar-refractivity contribution in [3.05, 3.63) is 75.6 Å². The lowest BCUT2D eigenvalue weighted by Gasteiger charge is -2.38. The number of hydrogen-bond donors (Lipinski definition) is 1. The normalized spacial score (nSPS) is 24.0. The van der Waals surface area contributed by atoms with Gasteiger partial charge in [-0.1, -0.05) is 11.6 Å². The van der Waals surface area contributed by atoms with E-state index in [1.807, 2.05) is 10.5 Å². The molecule has 212 valence electrons. The number of pyridine rings is 1. The fourth-order valence-corrected chi connectivity index (χ4v) is 6.94. The highest BCUT2D eigenvalue weighted by molar-refractivity contribution is 6.41. The molecule has 1 unspecified atom stereocenters. The molecule has 10 nitrogen and oxygen atoms in total. The van der Waals surface area contributed by atoms with Gasteiger partial charge in [-0.2, -0.15) is 4.99 Å². The van der Waals surface area contributed by atoms with Gasteiger partial charge in [0.1, 0.15) is 28.7 Å². The molecule has 12 heteroatoms. The summed E-state index contributed by atoms with van der Waals surface area (Å²) in [5, 5.41) is 12.4. The Morgan fingerprint density at radius 3 is 2.73 bits per heavy atom. The van der Waals surface area contributed by atoms with Crippen LogP contribution in [0.25, 0.3) is 11.2 Å². The van der Waals surface area contributed by atoms with Gasteiger partial charge in [0.15, 0.2) is 5.65 Å². The summed E-state index contributed by atoms with van der Waals surface area (Å²) in [6, 6.07) is 11.2. The van der Waals surface area contributed by atoms with E-state index in [4.69, 9.17) is 42.7 Å². The summed E-state index contributed by atoms with van der Waals surface area (Å²) >= 11 is 13.6. The van der Waals surface area contributed by atoms with Crippen molar-refractivity contribution in [1.29, 1.82) is 0 Å². The van der Waals surface area contributed by atoms with Crippen LogP contribution in [0.5, 0.6) is 0 Å². The Kier molecular flexibility index (Phi) is 6.84. The van der Waals surface area contributed by atoms with Crippen LogP contribution in [-0.2, 0) is 16.0 Å². The highest BCUT2D eigenvalue weighted by Crippen LogP contribution is 2.36. The summed E-state index contributed by atoms with van der Waals surface area (Å²) < 4.78 is 12.8. The van der Waals surface area contributed by atoms with Crippen molar-refractivity contribution in [1.82, 2.24) is 19.5 Å². The largest absolute Gasteiger partial charge is 0.499 e. The summed E-state index contributed by atoms with van der Waals surface area (Å²) in [5.41, 5.74) is 4.99. The first-order valence-electron chi connectivity index (χ1n) is 13.7. The van der Waals surface area contributed by atoms with E-state index in [1.165, 1.54) is 25.1 Å². The third-order valence-electron chi connectivity index (χ3n) is 8.28. The van der Waals surface area contributed by atoms with Crippen molar-refractivity contribution in [2.75, 3.05) is 50.6 Å². The Labute approximate surface area is 247 Å². The Balaban J connectivity index is 1.19. The number of nitrogens with zero attached hydrogens (tertiary/aromatic N) is 7. The molecule has 2 aromatic heterocycles. The standard InChI is InChI=1S/C29H30Cl2N8O2/c1-40-22-13-23(41-2)26(31)24(25(22)30)21-12-17-14-32-29(35-27(17)39-16-33-36-28(21)39)34-18-5-7-19(8-6-18)38-11-10-37-9-3-4-20(37)15-38/h5-8,12-13,16,20,25H,3-4,9-11,14-15H2,1-2H3,(H,32,34)/t20-,25?/m1/s1. The zero-order valence-electron chi connectivity index (χ0n) is 22.8. The van der Waals surface area contributed by atoms with E-state index >= 15 is 0 Å². The number of rotatable bonds is 4. The van der Waals surface area contributed by atoms with Crippen molar-refractivity contribution in [3.63, 3.8) is 0 Å². The summed E-state index contributed by atoms with van der Waals surface area (Å²) in [7, 11) is 3.12. The van der Waals surface area contributed by atoms with Crippen LogP contribution in [0.2, 0.25) is 0 Å². The van der Waals surface area contributed by atoms with E-state index in [0.717, 1.165) is 36.1 Å². The Morgan fingerprint density at radius 2 is 1.93 bits per heavy atom. The van der Waals surface area contributed by atoms with Gasteiger partial charge in [0.25, 0.3) is 0 Å². The smallest absolute Gasteiger partial charge is 0.224 e. The molecule has 5 heterocycles. The lowest BCUT2D eigenvalue weighted by atomic mass is 10.0. The predicted molar refractivity (Wildman–Crippen MR) is 160 cm³/mol. The number of methoxy groups -OCH3 is 2. The SMILES string of the molecule is COC1=CC(OC)=C(Cl)C(=c2cc3c(n4cnnc24)=NC(Nc2ccc(N4CCN5CCC[C@@H]5C4)cc2)=NC3)C1Cl. The van der Waals surface area contributed by atoms with Crippen molar-refractivity contribution in [3.8, 4) is 0 Å². The lowest BCUT2D eigenvalue weighted by molar-refractivity contribution is 0.231. The van der Waals surface area contributed by atoms with E-state index in [9.17, 15) is 0 Å². The maximum absolute atomic E-state index is 6.82. The minimum atomic E-state index is -0.629. The number of piperazine rings is 1. The number of hydrogen-bond acceptors (Lipinski definition) is 9. The van der Waals surface area contributed by atoms with Gasteiger partial charge in [0.2, 0.25) is 5.96 Å². The van der Waals surface area contributed by atoms with Gasteiger partial charge in [-0.15, -0.1) is 21.8 Å². The van der Waals surface area contributed by atoms with Crippen LogP contribution in [0, 0.1) is 0 Å². The van der Waals surface area contributed by atoms with Crippen LogP contribution in [0.1, 0.15) is 18.4 Å². The highest BCUT2D eigenvalue weighted by atomic mass is 35.5. The van der Waals surface area contributed by atoms with Crippen LogP contribution in [0.15, 0.2) is 69.3 Å². The summed E-state index contributed by atoms with van der Waals surface area (Å²) in [4.78, 5) is 14.7. The second-order valence-corrected chi connectivity index (χ2v) is 11.4. The number of ether oxygens (including phenoxy) is 2. The molecule has 2 saturated heterocycles. The number of benzene rings is 1. The first kappa shape index (κ1) is 26.3. The molecule has 1 aromatic carbocycles. The molecule has 2 fully saturated rings. The number of allylic oxidation sites excluding steroid dienone is 3. The number of aliphatic imine (C=N–C) groups is 1. The second kappa shape index (κ2) is 10.7. The number of aromatic nitrogens is 3. The second-order valence-electron chi connectivity index (χ2n) is 10.5. The molecule has 0 spiro atoms. The molecule has 0 saturated carbocycles. The number of fused-ring (bicyclic) bond motifs is 4. The van der Waals surface area contributed by atoms with Crippen LogP contribution in [0.4, 0.5) is 11.4 Å². The van der Waals surface area contributed by atoms with E-state index in [1.54, 1.807) is 26.6 Å². The van der Waals surface area contributed by atoms with Crippen molar-refractivity contribution in [2.24, 2.45) is 9.98 Å². The molecule has 0 amide bonds. The monoisotopic (exact) mass is 592 g/mol. The first-order valence-corrected chi connectivity index (χ1v) is 14.5. The number of halogens is 2. The number of guanidine groups is 1. The van der Waals surface area contributed by atoms with Gasteiger partial charge < -0.3 is 19.7 Å². The van der Waals surface area contributed by atoms with Gasteiger partial charge >= 0.3 is 0 Å². The van der Waals surface area contributed by atoms with Crippen molar-refractivity contribution >= 4 is 51.8 Å². The first-order chi connectivity index (χ1) is 20.0. The molecule has 41 heavy (non-hydrogen) atoms. The van der Waals surface area contributed by atoms with E-state index in [0.29, 0.717) is 51.8 Å². The molecule has 3 aliphatic heterocycles. The van der Waals surface area contributed by atoms with Gasteiger partial charge in [-0.3, -0.25) is 9.30 Å². The third-order valence-corrected chi connectivity index (χ3v) is 9.11. The Bertz CT molecular complexity index is 1730. The number of anilines is 2. The molecular formula is C29H30Cl2N8O2. The highest BCUT2D eigenvalue weighted by Gasteiger charge is 2.31. The van der Waals surface area contributed by atoms with Crippen molar-refractivity contribution < 1.29 is 9.47 Å². The van der Waals surface area contributed by atoms with Crippen LogP contribution in [0.3, 0.4) is 0 Å². The van der Waals surface area contributed by atoms with Crippen molar-refractivity contribution in [2.45, 2.75) is 30.8 Å². The number of alkyl halides is 1. The van der Waals surface area contributed by atoms with Gasteiger partial charge in [-0.25, -0.2) is 4.99 Å². The molecule has 0 radical (unpaired) electrons. The van der Waals surface area contributed by atoms with E-state index in [2.05, 4.69) is 49.6 Å². The van der Waals surface area contributed by atoms with Gasteiger partial charge in [0, 0.05) is 59.5 Å². The minimum Gasteiger partial charge on any atom is -0.499 e. The number of nitrogens with one attached hydrogen (secondary N) is 1. The average molecular weight is 594 g/mol. The fourth-order valence-electron chi connectivity index (χ4n) is 6.16. The zero-order chi connectivity index (χ0) is 28.1. The van der Waals surface area contributed by atoms with E-state index < -0.39 is 5.38 Å². The summed E-state index contributed by atoms with van der Waals surface area (Å²) in [6.45, 7) is 4.97. The zero-order valence-corrected chi connectivity index (χ0v) is 24.4. The van der Waals surface area contributed by atoms with E-state index in [-0.39, 0.29) is 0 Å². The van der Waals surface area contributed by atoms with Crippen LogP contribution < -0.4 is 20.9 Å². The summed E-state index contributed by atoms with van der Waals surface area (Å²) in [5.74, 6) is 1.52. The van der Waals surface area contributed by atoms with Crippen LogP contribution >= 0.6 is 23.2 Å². The molecule has 1 aliphatic carbocycles. The van der Waals surface area contributed by atoms with Gasteiger partial charge in [0.05, 0.1) is 25.8 Å². The Morgan fingerprint density at radius 1 is 1.07 bits per heavy atom. The average Bonchev–Trinajstić information content (AvgIpc) is 3.68. The lowest BCUT2D eigenvalue weighted by Crippen LogP contribution is -2.50. The molecule has 4 aliphatic rings. The van der Waals surface area contributed by atoms with Gasteiger partial charge in [-0.05, 0) is 49.7 Å². The topological polar surface area (TPSA) is 91.9 Å². The maximum atomic E-state index is 6.82. The predicted octanol–water partition coefficient (Wildman–Crippen LogP) is 3.01.